The molecule has 1 aliphatic heterocycles. The van der Waals surface area contributed by atoms with Gasteiger partial charge in [-0.3, -0.25) is 4.79 Å². The smallest absolute Gasteiger partial charge is 0.293 e. The minimum absolute atomic E-state index is 0. The molecule has 1 aliphatic carbocycles. The Bertz CT molecular complexity index is 222. The fourth-order valence-corrected chi connectivity index (χ4v) is 1.89. The molecule has 0 bridgehead atoms. The second-order valence-electron chi connectivity index (χ2n) is 5.81. The predicted molar refractivity (Wildman–Crippen MR) is 67.1 cm³/mol. The summed E-state index contributed by atoms with van der Waals surface area (Å²) in [5, 5.41) is 0. The number of ether oxygens (including phenoxy) is 1. The SMILES string of the molecule is CC(C)(C)OC=O.CN1CCC2(CC2)C1.[CH3-].[Ho]. The Morgan fingerprint density at radius 2 is 1.76 bits per heavy atom. The first-order valence-electron chi connectivity index (χ1n) is 5.67. The van der Waals surface area contributed by atoms with Crippen LogP contribution < -0.4 is 0 Å². The Morgan fingerprint density at radius 1 is 1.24 bits per heavy atom. The second kappa shape index (κ2) is 7.98. The molecule has 0 aromatic rings. The third kappa shape index (κ3) is 8.41. The first kappa shape index (κ1) is 20.0. The second-order valence-corrected chi connectivity index (χ2v) is 5.81. The summed E-state index contributed by atoms with van der Waals surface area (Å²) in [6, 6.07) is 0. The van der Waals surface area contributed by atoms with Gasteiger partial charge in [-0.05, 0) is 59.0 Å². The molecule has 1 spiro atoms. The van der Waals surface area contributed by atoms with Crippen LogP contribution >= 0.6 is 0 Å². The van der Waals surface area contributed by atoms with Gasteiger partial charge in [0.05, 0.1) is 0 Å². The van der Waals surface area contributed by atoms with E-state index in [9.17, 15) is 4.79 Å². The van der Waals surface area contributed by atoms with Gasteiger partial charge in [-0.1, -0.05) is 0 Å². The molecule has 0 aromatic carbocycles. The molecule has 0 atom stereocenters. The van der Waals surface area contributed by atoms with Crippen LogP contribution in [0.3, 0.4) is 0 Å². The van der Waals surface area contributed by atoms with Crippen LogP contribution in [0.5, 0.6) is 0 Å². The Balaban J connectivity index is 0. The predicted octanol–water partition coefficient (Wildman–Crippen LogP) is 2.51. The number of nitrogens with zero attached hydrogens (tertiary/aromatic N) is 1. The average Bonchev–Trinajstić information content (AvgIpc) is 2.70. The molecule has 2 fully saturated rings. The van der Waals surface area contributed by atoms with Gasteiger partial charge in [0.1, 0.15) is 5.60 Å². The molecule has 0 unspecified atom stereocenters. The van der Waals surface area contributed by atoms with E-state index in [2.05, 4.69) is 16.7 Å². The third-order valence-corrected chi connectivity index (χ3v) is 2.99. The van der Waals surface area contributed by atoms with Gasteiger partial charge >= 0.3 is 0 Å². The zero-order valence-corrected chi connectivity index (χ0v) is 13.6. The summed E-state index contributed by atoms with van der Waals surface area (Å²) in [5.74, 6) is 0. The number of carbonyl (C=O) groups is 1. The monoisotopic (exact) mass is 393 g/mol. The molecule has 107 valence electrons. The van der Waals surface area contributed by atoms with Crippen LogP contribution in [0.15, 0.2) is 0 Å². The van der Waals surface area contributed by atoms with Crippen molar-refractivity contribution in [3.63, 3.8) is 0 Å². The quantitative estimate of drug-likeness (QED) is 0.390. The largest absolute Gasteiger partial charge is 0.462 e. The molecule has 1 heterocycles. The molecular weight excluding hydrogens is 367 g/mol. The van der Waals surface area contributed by atoms with Crippen LogP contribution in [-0.2, 0) is 9.53 Å². The Labute approximate surface area is 136 Å². The van der Waals surface area contributed by atoms with Gasteiger partial charge in [-0.25, -0.2) is 0 Å². The van der Waals surface area contributed by atoms with Gasteiger partial charge < -0.3 is 17.1 Å². The Morgan fingerprint density at radius 3 is 1.88 bits per heavy atom. The summed E-state index contributed by atoms with van der Waals surface area (Å²) < 4.78 is 4.55. The summed E-state index contributed by atoms with van der Waals surface area (Å²) in [6.45, 7) is 8.65. The van der Waals surface area contributed by atoms with Crippen molar-refractivity contribution in [2.75, 3.05) is 20.1 Å². The van der Waals surface area contributed by atoms with E-state index in [1.165, 1.54) is 32.4 Å². The molecule has 1 radical (unpaired) electrons. The number of hydrogen-bond acceptors (Lipinski definition) is 3. The van der Waals surface area contributed by atoms with Crippen molar-refractivity contribution in [2.24, 2.45) is 5.41 Å². The maximum atomic E-state index is 9.60. The molecule has 3 nitrogen and oxygen atoms in total. The van der Waals surface area contributed by atoms with E-state index in [-0.39, 0.29) is 50.8 Å². The Hall–Kier alpha value is 0.690. The van der Waals surface area contributed by atoms with E-state index in [4.69, 9.17) is 0 Å². The van der Waals surface area contributed by atoms with Crippen molar-refractivity contribution in [3.05, 3.63) is 7.43 Å². The van der Waals surface area contributed by atoms with Crippen molar-refractivity contribution in [1.82, 2.24) is 4.90 Å². The number of rotatable bonds is 1. The van der Waals surface area contributed by atoms with E-state index < -0.39 is 0 Å². The number of carbonyl (C=O) groups excluding carboxylic acids is 1. The van der Waals surface area contributed by atoms with Crippen molar-refractivity contribution in [1.29, 1.82) is 0 Å². The fourth-order valence-electron chi connectivity index (χ4n) is 1.89. The minimum Gasteiger partial charge on any atom is -0.462 e. The zero-order valence-electron chi connectivity index (χ0n) is 11.7. The van der Waals surface area contributed by atoms with E-state index in [1.54, 1.807) is 0 Å². The van der Waals surface area contributed by atoms with E-state index >= 15 is 0 Å². The van der Waals surface area contributed by atoms with Crippen LogP contribution in [0, 0.1) is 50.6 Å². The first-order valence-corrected chi connectivity index (χ1v) is 5.67. The molecule has 2 rings (SSSR count). The van der Waals surface area contributed by atoms with Crippen LogP contribution in [0.1, 0.15) is 40.0 Å². The van der Waals surface area contributed by atoms with Crippen molar-refractivity contribution in [2.45, 2.75) is 45.6 Å². The normalized spacial score (nSPS) is 20.5. The van der Waals surface area contributed by atoms with E-state index in [1.807, 2.05) is 20.8 Å². The van der Waals surface area contributed by atoms with Crippen molar-refractivity contribution < 1.29 is 47.3 Å². The van der Waals surface area contributed by atoms with Gasteiger partial charge in [-0.15, -0.1) is 0 Å². The van der Waals surface area contributed by atoms with E-state index in [0.29, 0.717) is 6.47 Å². The van der Waals surface area contributed by atoms with Gasteiger partial charge in [0.2, 0.25) is 0 Å². The molecule has 0 N–H and O–H groups in total. The number of hydrogen-bond donors (Lipinski definition) is 0. The summed E-state index contributed by atoms with van der Waals surface area (Å²) >= 11 is 0. The first-order chi connectivity index (χ1) is 6.87. The van der Waals surface area contributed by atoms with Crippen molar-refractivity contribution >= 4 is 6.47 Å². The molecule has 4 heteroatoms. The Kier molecular flexibility index (Phi) is 9.40. The fraction of sp³-hybridized carbons (Fsp3) is 0.846. The summed E-state index contributed by atoms with van der Waals surface area (Å²) in [6.07, 6.45) is 4.50. The standard InChI is InChI=1S/C7H13N.C5H10O2.CH3.Ho/c1-8-5-4-7(6-8)2-3-7;1-5(2,3)7-4-6;;/h2-6H2,1H3;4H,1-3H3;1H3;/q;;-1;. The average molecular weight is 393 g/mol. The van der Waals surface area contributed by atoms with Crippen molar-refractivity contribution in [3.8, 4) is 0 Å². The van der Waals surface area contributed by atoms with Crippen LogP contribution in [0.4, 0.5) is 0 Å². The molecule has 17 heavy (non-hydrogen) atoms. The van der Waals surface area contributed by atoms with Crippen LogP contribution in [0.25, 0.3) is 0 Å². The van der Waals surface area contributed by atoms with Gasteiger partial charge in [0.15, 0.2) is 0 Å². The van der Waals surface area contributed by atoms with Gasteiger partial charge in [0.25, 0.3) is 6.47 Å². The molecule has 0 aromatic heterocycles. The van der Waals surface area contributed by atoms with Gasteiger partial charge in [-0.2, -0.15) is 0 Å². The molecule has 0 amide bonds. The summed E-state index contributed by atoms with van der Waals surface area (Å²) in [4.78, 5) is 12.0. The summed E-state index contributed by atoms with van der Waals surface area (Å²) in [7, 11) is 2.23. The minimum atomic E-state index is -0.318. The summed E-state index contributed by atoms with van der Waals surface area (Å²) in [5.41, 5.74) is 0.524. The van der Waals surface area contributed by atoms with Gasteiger partial charge in [0, 0.05) is 44.3 Å². The molecule has 1 saturated heterocycles. The third-order valence-electron chi connectivity index (χ3n) is 2.99. The molecule has 2 aliphatic rings. The topological polar surface area (TPSA) is 29.5 Å². The maximum Gasteiger partial charge on any atom is 0.293 e. The maximum absolute atomic E-state index is 9.60. The number of likely N-dealkylation sites (tertiary alicyclic amines) is 1. The van der Waals surface area contributed by atoms with Crippen LogP contribution in [0.2, 0.25) is 0 Å². The zero-order chi connectivity index (χ0) is 11.5. The van der Waals surface area contributed by atoms with Crippen LogP contribution in [-0.4, -0.2) is 37.1 Å². The molecule has 1 saturated carbocycles. The van der Waals surface area contributed by atoms with E-state index in [0.717, 1.165) is 5.41 Å². The molecular formula is C13H26HoNO2-.